The molecule has 0 radical (unpaired) electrons. The van der Waals surface area contributed by atoms with E-state index in [9.17, 15) is 44.4 Å². The van der Waals surface area contributed by atoms with Crippen LogP contribution in [0.25, 0.3) is 0 Å². The maximum absolute atomic E-state index is 17.6. The molecule has 328 valence electrons. The summed E-state index contributed by atoms with van der Waals surface area (Å²) >= 11 is 0. The third kappa shape index (κ3) is 5.18. The summed E-state index contributed by atoms with van der Waals surface area (Å²) in [6, 6.07) is -1.38. The van der Waals surface area contributed by atoms with Gasteiger partial charge in [-0.1, -0.05) is 51.0 Å². The summed E-state index contributed by atoms with van der Waals surface area (Å²) in [4.78, 5) is 65.8. The van der Waals surface area contributed by atoms with Gasteiger partial charge in [0.05, 0.1) is 12.2 Å². The molecular formula is C47H61F2NO10. The molecule has 5 unspecified atom stereocenters. The molecule has 0 amide bonds. The monoisotopic (exact) mass is 837 g/mol. The van der Waals surface area contributed by atoms with E-state index in [0.29, 0.717) is 43.3 Å². The Bertz CT molecular complexity index is 2070. The summed E-state index contributed by atoms with van der Waals surface area (Å²) in [5.74, 6) is -6.54. The van der Waals surface area contributed by atoms with Crippen molar-refractivity contribution >= 4 is 29.1 Å². The molecule has 0 saturated heterocycles. The van der Waals surface area contributed by atoms with Gasteiger partial charge in [-0.25, -0.2) is 8.78 Å². The lowest BCUT2D eigenvalue weighted by Crippen LogP contribution is -2.69. The molecule has 6 N–H and O–H groups in total. The Morgan fingerprint density at radius 2 is 1.17 bits per heavy atom. The minimum atomic E-state index is -2.15. The number of rotatable bonds is 8. The van der Waals surface area contributed by atoms with Crippen molar-refractivity contribution in [1.29, 1.82) is 0 Å². The lowest BCUT2D eigenvalue weighted by Gasteiger charge is -2.62. The number of nitrogens with two attached hydrogens (primary N) is 1. The summed E-state index contributed by atoms with van der Waals surface area (Å²) in [7, 11) is 0. The molecule has 8 aliphatic carbocycles. The van der Waals surface area contributed by atoms with E-state index in [1.54, 1.807) is 53.7 Å². The average Bonchev–Trinajstić information content (AvgIpc) is 3.52. The number of esters is 1. The standard InChI is InChI=1S/C47H61F2NO10/c1-24-17-32-30-9-7-26-19-28(51)13-15-40(26,3)44(30,48)36(54)21-42(32,5)46(24,58)35(53)12-11-34(50)39(57)60-23-38(56)47(59)25(2)18-33-31-10-8-27-20-29(52)14-16-41(27,4)45(31,49)37(55)22-43(33,47)6/h13-16,19-20,24-25,30-34,36-37,54-55,58-59H,7-12,17-18,21-23,50H2,1-6H3/t24-,25+,30?,31?,32?,33?,34?,36-,37-,40-,41-,42-,43-,44-,45-,46-,47-/m0/s1. The number of carbonyl (C=O) groups is 5. The van der Waals surface area contributed by atoms with Gasteiger partial charge in [-0.2, -0.15) is 0 Å². The van der Waals surface area contributed by atoms with Crippen LogP contribution >= 0.6 is 0 Å². The van der Waals surface area contributed by atoms with Gasteiger partial charge in [-0.05, 0) is 120 Å². The van der Waals surface area contributed by atoms with Crippen LogP contribution in [0.4, 0.5) is 8.78 Å². The molecule has 0 aromatic carbocycles. The molecule has 0 spiro atoms. The number of hydrogen-bond donors (Lipinski definition) is 5. The maximum Gasteiger partial charge on any atom is 0.323 e. The molecule has 17 atom stereocenters. The van der Waals surface area contributed by atoms with Crippen LogP contribution < -0.4 is 5.73 Å². The highest BCUT2D eigenvalue weighted by atomic mass is 19.1. The Kier molecular flexibility index (Phi) is 9.87. The van der Waals surface area contributed by atoms with Crippen molar-refractivity contribution in [3.8, 4) is 0 Å². The van der Waals surface area contributed by atoms with Crippen molar-refractivity contribution in [2.24, 2.45) is 62.9 Å². The van der Waals surface area contributed by atoms with Crippen molar-refractivity contribution in [3.05, 3.63) is 47.6 Å². The second-order valence-corrected chi connectivity index (χ2v) is 20.9. The highest BCUT2D eigenvalue weighted by Crippen LogP contribution is 2.72. The molecule has 6 fully saturated rings. The van der Waals surface area contributed by atoms with Crippen LogP contribution in [0.3, 0.4) is 0 Å². The second-order valence-electron chi connectivity index (χ2n) is 20.9. The Morgan fingerprint density at radius 1 is 0.750 bits per heavy atom. The number of ketones is 4. The zero-order valence-corrected chi connectivity index (χ0v) is 35.5. The number of fused-ring (bicyclic) bond motifs is 10. The highest BCUT2D eigenvalue weighted by molar-refractivity contribution is 6.02. The summed E-state index contributed by atoms with van der Waals surface area (Å²) in [5.41, 5.74) is -5.79. The number of allylic oxidation sites excluding steroid dienone is 8. The lowest BCUT2D eigenvalue weighted by molar-refractivity contribution is -0.220. The number of aliphatic hydroxyl groups excluding tert-OH is 2. The van der Waals surface area contributed by atoms with Gasteiger partial charge in [0.15, 0.2) is 35.3 Å². The molecule has 8 aliphatic rings. The van der Waals surface area contributed by atoms with E-state index in [0.717, 1.165) is 0 Å². The van der Waals surface area contributed by atoms with Crippen molar-refractivity contribution in [2.75, 3.05) is 6.61 Å². The van der Waals surface area contributed by atoms with Crippen LogP contribution in [0, 0.1) is 57.2 Å². The largest absolute Gasteiger partial charge is 0.456 e. The van der Waals surface area contributed by atoms with Crippen molar-refractivity contribution in [2.45, 2.75) is 147 Å². The lowest BCUT2D eigenvalue weighted by atomic mass is 9.44. The van der Waals surface area contributed by atoms with E-state index in [1.807, 2.05) is 0 Å². The van der Waals surface area contributed by atoms with Crippen LogP contribution in [0.15, 0.2) is 47.6 Å². The number of carbonyl (C=O) groups excluding carboxylic acids is 5. The minimum absolute atomic E-state index is 0.196. The zero-order valence-electron chi connectivity index (χ0n) is 35.5. The molecule has 0 aliphatic heterocycles. The minimum Gasteiger partial charge on any atom is -0.456 e. The molecular weight excluding hydrogens is 777 g/mol. The smallest absolute Gasteiger partial charge is 0.323 e. The second kappa shape index (κ2) is 13.6. The Labute approximate surface area is 349 Å². The molecule has 0 bridgehead atoms. The van der Waals surface area contributed by atoms with Gasteiger partial charge >= 0.3 is 5.97 Å². The predicted molar refractivity (Wildman–Crippen MR) is 214 cm³/mol. The number of halogens is 2. The van der Waals surface area contributed by atoms with E-state index in [1.165, 1.54) is 24.3 Å². The first-order valence-corrected chi connectivity index (χ1v) is 21.9. The average molecular weight is 838 g/mol. The predicted octanol–water partition coefficient (Wildman–Crippen LogP) is 4.47. The van der Waals surface area contributed by atoms with Crippen LogP contribution in [0.5, 0.6) is 0 Å². The number of aliphatic hydroxyl groups is 4. The molecule has 0 aromatic rings. The number of alkyl halides is 2. The van der Waals surface area contributed by atoms with Gasteiger partial charge in [0, 0.05) is 39.9 Å². The van der Waals surface area contributed by atoms with Gasteiger partial charge < -0.3 is 30.9 Å². The van der Waals surface area contributed by atoms with E-state index >= 15 is 8.78 Å². The fourth-order valence-corrected chi connectivity index (χ4v) is 15.2. The summed E-state index contributed by atoms with van der Waals surface area (Å²) in [6.07, 6.45) is 6.67. The zero-order chi connectivity index (χ0) is 44.0. The van der Waals surface area contributed by atoms with Crippen molar-refractivity contribution < 1.29 is 57.9 Å². The van der Waals surface area contributed by atoms with Crippen molar-refractivity contribution in [3.63, 3.8) is 0 Å². The molecule has 0 heterocycles. The van der Waals surface area contributed by atoms with E-state index < -0.39 is 122 Å². The summed E-state index contributed by atoms with van der Waals surface area (Å²) in [6.45, 7) is 9.39. The Balaban J connectivity index is 0.925. The van der Waals surface area contributed by atoms with E-state index in [-0.39, 0.29) is 43.7 Å². The fourth-order valence-electron chi connectivity index (χ4n) is 15.2. The molecule has 6 saturated carbocycles. The topological polar surface area (TPSA) is 202 Å². The third-order valence-electron chi connectivity index (χ3n) is 18.6. The number of ether oxygens (including phenoxy) is 1. The Morgan fingerprint density at radius 3 is 1.60 bits per heavy atom. The SMILES string of the molecule is C[C@@H]1CC2C3CCC4=CC(=O)C=C[C@]4(C)[C@@]3(F)[C@@H](O)C[C@]2(C)[C@@]1(O)C(=O)COC(=O)C(N)CCC(=O)[C@@]1(O)[C@@H](C)CC2C3CCC4=CC(=O)C=C[C@]4(C)[C@@]3(F)[C@@H](O)C[C@@]21C. The molecule has 11 nitrogen and oxygen atoms in total. The van der Waals surface area contributed by atoms with Crippen LogP contribution in [0.1, 0.15) is 106 Å². The van der Waals surface area contributed by atoms with Gasteiger partial charge in [-0.3, -0.25) is 24.0 Å². The molecule has 13 heteroatoms. The molecule has 8 rings (SSSR count). The normalized spacial score (nSPS) is 50.5. The first-order valence-electron chi connectivity index (χ1n) is 21.9. The summed E-state index contributed by atoms with van der Waals surface area (Å²) in [5, 5.41) is 48.0. The third-order valence-corrected chi connectivity index (χ3v) is 18.6. The van der Waals surface area contributed by atoms with E-state index in [4.69, 9.17) is 10.5 Å². The Hall–Kier alpha value is -3.23. The summed E-state index contributed by atoms with van der Waals surface area (Å²) < 4.78 is 40.5. The first kappa shape index (κ1) is 43.4. The van der Waals surface area contributed by atoms with Crippen LogP contribution in [-0.2, 0) is 28.7 Å². The van der Waals surface area contributed by atoms with Gasteiger partial charge in [0.2, 0.25) is 5.78 Å². The highest BCUT2D eigenvalue weighted by Gasteiger charge is 2.77. The fraction of sp³-hybridized carbons (Fsp3) is 0.723. The van der Waals surface area contributed by atoms with Crippen LogP contribution in [-0.4, -0.2) is 96.9 Å². The van der Waals surface area contributed by atoms with Gasteiger partial charge in [-0.15, -0.1) is 0 Å². The van der Waals surface area contributed by atoms with Gasteiger partial charge in [0.25, 0.3) is 0 Å². The van der Waals surface area contributed by atoms with E-state index in [2.05, 4.69) is 0 Å². The number of Topliss-reactive ketones (excluding diaryl/α,β-unsaturated/α-hetero) is 2. The van der Waals surface area contributed by atoms with Crippen molar-refractivity contribution in [1.82, 2.24) is 0 Å². The first-order chi connectivity index (χ1) is 27.8. The quantitative estimate of drug-likeness (QED) is 0.216. The van der Waals surface area contributed by atoms with Gasteiger partial charge in [0.1, 0.15) is 17.2 Å². The van der Waals surface area contributed by atoms with Crippen LogP contribution in [0.2, 0.25) is 0 Å². The maximum atomic E-state index is 17.6. The molecule has 60 heavy (non-hydrogen) atoms. The molecule has 0 aromatic heterocycles. The number of hydrogen-bond acceptors (Lipinski definition) is 11.